The van der Waals surface area contributed by atoms with E-state index in [1.807, 2.05) is 0 Å². The van der Waals surface area contributed by atoms with Gasteiger partial charge in [-0.05, 0) is 36.6 Å². The molecule has 1 aromatic heterocycles. The Hall–Kier alpha value is -2.87. The summed E-state index contributed by atoms with van der Waals surface area (Å²) < 4.78 is 6.52. The molecule has 0 radical (unpaired) electrons. The molecule has 1 fully saturated rings. The minimum atomic E-state index is -1.19. The quantitative estimate of drug-likeness (QED) is 0.786. The number of nitrogens with zero attached hydrogens (tertiary/aromatic N) is 2. The van der Waals surface area contributed by atoms with E-state index in [1.165, 1.54) is 16.4 Å². The number of carbonyl (C=O) groups excluding carboxylic acids is 1. The molecule has 2 aliphatic rings. The van der Waals surface area contributed by atoms with Crippen LogP contribution in [0.25, 0.3) is 16.7 Å². The highest BCUT2D eigenvalue weighted by molar-refractivity contribution is 6.06. The largest absolute Gasteiger partial charge is 0.477 e. The van der Waals surface area contributed by atoms with Crippen molar-refractivity contribution < 1.29 is 24.2 Å². The average molecular weight is 344 g/mol. The van der Waals surface area contributed by atoms with Crippen molar-refractivity contribution in [2.75, 3.05) is 0 Å². The van der Waals surface area contributed by atoms with E-state index in [2.05, 4.69) is 0 Å². The van der Waals surface area contributed by atoms with Crippen molar-refractivity contribution in [3.63, 3.8) is 0 Å². The predicted molar refractivity (Wildman–Crippen MR) is 86.4 cm³/mol. The second kappa shape index (κ2) is 5.06. The molecule has 3 atom stereocenters. The van der Waals surface area contributed by atoms with Crippen molar-refractivity contribution in [3.8, 4) is 0 Å². The van der Waals surface area contributed by atoms with E-state index in [1.54, 1.807) is 25.2 Å². The highest BCUT2D eigenvalue weighted by atomic mass is 16.4. The summed E-state index contributed by atoms with van der Waals surface area (Å²) in [6.07, 6.45) is -0.497. The molecule has 0 spiro atoms. The maximum Gasteiger partial charge on any atom is 0.419 e. The first-order chi connectivity index (χ1) is 11.8. The normalized spacial score (nSPS) is 23.8. The number of hydrogen-bond donors (Lipinski definition) is 2. The molecule has 2 aliphatic heterocycles. The van der Waals surface area contributed by atoms with Crippen LogP contribution < -0.4 is 5.76 Å². The number of amides is 1. The minimum Gasteiger partial charge on any atom is -0.477 e. The Morgan fingerprint density at radius 1 is 1.36 bits per heavy atom. The van der Waals surface area contributed by atoms with Crippen LogP contribution in [0, 0.1) is 5.92 Å². The number of carboxylic acids is 1. The SMILES string of the molecule is C[C@@H](O)[C@@H]1C(=O)N2C(C(=O)O)=C(c3ccc4c(c3)oc(=O)n4C)C[C@@H]12. The van der Waals surface area contributed by atoms with Crippen LogP contribution >= 0.6 is 0 Å². The van der Waals surface area contributed by atoms with Gasteiger partial charge in [-0.3, -0.25) is 9.36 Å². The lowest BCUT2D eigenvalue weighted by Crippen LogP contribution is -2.61. The molecule has 0 bridgehead atoms. The highest BCUT2D eigenvalue weighted by Crippen LogP contribution is 2.47. The van der Waals surface area contributed by atoms with Crippen LogP contribution in [0.4, 0.5) is 0 Å². The van der Waals surface area contributed by atoms with E-state index in [-0.39, 0.29) is 17.6 Å². The molecule has 2 aromatic rings. The third kappa shape index (κ3) is 2.00. The number of carboxylic acid groups (broad SMARTS) is 1. The van der Waals surface area contributed by atoms with Gasteiger partial charge >= 0.3 is 11.7 Å². The zero-order valence-electron chi connectivity index (χ0n) is 13.6. The van der Waals surface area contributed by atoms with Crippen LogP contribution in [-0.4, -0.2) is 43.7 Å². The molecule has 8 nitrogen and oxygen atoms in total. The molecule has 0 unspecified atom stereocenters. The van der Waals surface area contributed by atoms with E-state index >= 15 is 0 Å². The Kier molecular flexibility index (Phi) is 3.17. The molecule has 1 amide bonds. The summed E-state index contributed by atoms with van der Waals surface area (Å²) in [5.74, 6) is -2.66. The molecule has 3 heterocycles. The number of carbonyl (C=O) groups is 2. The maximum atomic E-state index is 12.2. The molecular weight excluding hydrogens is 328 g/mol. The number of oxazole rings is 1. The highest BCUT2D eigenvalue weighted by Gasteiger charge is 2.56. The number of aliphatic carboxylic acids is 1. The monoisotopic (exact) mass is 344 g/mol. The van der Waals surface area contributed by atoms with Gasteiger partial charge in [0.15, 0.2) is 5.58 Å². The average Bonchev–Trinajstić information content (AvgIpc) is 3.02. The first-order valence-electron chi connectivity index (χ1n) is 7.88. The summed E-state index contributed by atoms with van der Waals surface area (Å²) in [6, 6.07) is 4.66. The first kappa shape index (κ1) is 15.6. The van der Waals surface area contributed by atoms with Gasteiger partial charge in [-0.15, -0.1) is 0 Å². The van der Waals surface area contributed by atoms with Crippen LogP contribution in [0.2, 0.25) is 0 Å². The third-order valence-corrected chi connectivity index (χ3v) is 5.07. The van der Waals surface area contributed by atoms with Gasteiger partial charge in [-0.25, -0.2) is 9.59 Å². The fourth-order valence-corrected chi connectivity index (χ4v) is 3.85. The fraction of sp³-hybridized carbons (Fsp3) is 0.353. The van der Waals surface area contributed by atoms with Gasteiger partial charge < -0.3 is 19.5 Å². The molecule has 0 saturated carbocycles. The Labute approximate surface area is 141 Å². The summed E-state index contributed by atoms with van der Waals surface area (Å²) >= 11 is 0. The lowest BCUT2D eigenvalue weighted by molar-refractivity contribution is -0.161. The van der Waals surface area contributed by atoms with E-state index < -0.39 is 23.7 Å². The number of aliphatic hydroxyl groups excluding tert-OH is 1. The molecular formula is C17H16N2O6. The lowest BCUT2D eigenvalue weighted by atomic mass is 9.82. The van der Waals surface area contributed by atoms with E-state index in [0.29, 0.717) is 28.7 Å². The summed E-state index contributed by atoms with van der Waals surface area (Å²) in [7, 11) is 1.59. The Morgan fingerprint density at radius 2 is 2.08 bits per heavy atom. The predicted octanol–water partition coefficient (Wildman–Crippen LogP) is 0.539. The Bertz CT molecular complexity index is 1010. The summed E-state index contributed by atoms with van der Waals surface area (Å²) in [5, 5.41) is 19.4. The van der Waals surface area contributed by atoms with Crippen LogP contribution in [0.1, 0.15) is 18.9 Å². The second-order valence-electron chi connectivity index (χ2n) is 6.49. The number of aliphatic hydroxyl groups is 1. The minimum absolute atomic E-state index is 0.0653. The number of β-lactam (4-membered cyclic amide) rings is 1. The fourth-order valence-electron chi connectivity index (χ4n) is 3.85. The van der Waals surface area contributed by atoms with Crippen LogP contribution in [0.3, 0.4) is 0 Å². The number of aryl methyl sites for hydroxylation is 1. The summed E-state index contributed by atoms with van der Waals surface area (Å²) in [4.78, 5) is 36.8. The molecule has 8 heteroatoms. The van der Waals surface area contributed by atoms with E-state index in [9.17, 15) is 24.6 Å². The molecule has 0 aliphatic carbocycles. The Balaban J connectivity index is 1.83. The Morgan fingerprint density at radius 3 is 2.72 bits per heavy atom. The van der Waals surface area contributed by atoms with E-state index in [0.717, 1.165) is 0 Å². The van der Waals surface area contributed by atoms with E-state index in [4.69, 9.17) is 4.42 Å². The summed E-state index contributed by atoms with van der Waals surface area (Å²) in [5.41, 5.74) is 1.98. The zero-order valence-corrected chi connectivity index (χ0v) is 13.6. The zero-order chi connectivity index (χ0) is 18.0. The van der Waals surface area contributed by atoms with Gasteiger partial charge in [0.2, 0.25) is 5.91 Å². The molecule has 4 rings (SSSR count). The van der Waals surface area contributed by atoms with Crippen molar-refractivity contribution in [1.29, 1.82) is 0 Å². The van der Waals surface area contributed by atoms with Crippen molar-refractivity contribution in [2.45, 2.75) is 25.5 Å². The number of hydrogen-bond acceptors (Lipinski definition) is 5. The standard InChI is InChI=1S/C17H16N2O6/c1-7(20)13-11-6-9(14(16(22)23)19(11)15(13)21)8-3-4-10-12(5-8)25-17(24)18(10)2/h3-5,7,11,13,20H,6H2,1-2H3,(H,22,23)/t7-,11+,13+/m1/s1. The van der Waals surface area contributed by atoms with Gasteiger partial charge in [0.1, 0.15) is 5.70 Å². The smallest absolute Gasteiger partial charge is 0.419 e. The van der Waals surface area contributed by atoms with Gasteiger partial charge in [0, 0.05) is 7.05 Å². The number of rotatable bonds is 3. The molecule has 25 heavy (non-hydrogen) atoms. The molecule has 1 saturated heterocycles. The number of benzene rings is 1. The van der Waals surface area contributed by atoms with Crippen LogP contribution in [0.15, 0.2) is 33.1 Å². The third-order valence-electron chi connectivity index (χ3n) is 5.07. The maximum absolute atomic E-state index is 12.2. The van der Waals surface area contributed by atoms with Crippen LogP contribution in [0.5, 0.6) is 0 Å². The lowest BCUT2D eigenvalue weighted by Gasteiger charge is -2.44. The molecule has 2 N–H and O–H groups in total. The number of fused-ring (bicyclic) bond motifs is 2. The van der Waals surface area contributed by atoms with Gasteiger partial charge in [0.25, 0.3) is 0 Å². The van der Waals surface area contributed by atoms with Crippen molar-refractivity contribution in [3.05, 3.63) is 40.0 Å². The second-order valence-corrected chi connectivity index (χ2v) is 6.49. The number of aromatic nitrogens is 1. The van der Waals surface area contributed by atoms with Gasteiger partial charge in [0.05, 0.1) is 23.6 Å². The van der Waals surface area contributed by atoms with Crippen LogP contribution in [-0.2, 0) is 16.6 Å². The molecule has 130 valence electrons. The van der Waals surface area contributed by atoms with Crippen molar-refractivity contribution >= 4 is 28.5 Å². The van der Waals surface area contributed by atoms with Crippen molar-refractivity contribution in [2.24, 2.45) is 13.0 Å². The molecule has 1 aromatic carbocycles. The topological polar surface area (TPSA) is 113 Å². The van der Waals surface area contributed by atoms with Gasteiger partial charge in [-0.1, -0.05) is 6.07 Å². The van der Waals surface area contributed by atoms with Crippen molar-refractivity contribution in [1.82, 2.24) is 9.47 Å². The van der Waals surface area contributed by atoms with Gasteiger partial charge in [-0.2, -0.15) is 0 Å². The summed E-state index contributed by atoms with van der Waals surface area (Å²) in [6.45, 7) is 1.53. The first-order valence-corrected chi connectivity index (χ1v) is 7.88.